The van der Waals surface area contributed by atoms with Gasteiger partial charge in [-0.05, 0) is 25.7 Å². The largest absolute Gasteiger partial charge is 0.466 e. The molecule has 0 saturated heterocycles. The molecule has 0 aromatic rings. The number of carbonyl (C=O) groups is 2. The molecule has 2 rings (SSSR count). The zero-order valence-electron chi connectivity index (χ0n) is 14.3. The van der Waals surface area contributed by atoms with Crippen molar-refractivity contribution in [3.63, 3.8) is 0 Å². The minimum atomic E-state index is -0.356. The van der Waals surface area contributed by atoms with E-state index in [-0.39, 0.29) is 24.8 Å². The van der Waals surface area contributed by atoms with Gasteiger partial charge in [0.1, 0.15) is 0 Å². The molecular formula is C18H32O4. The maximum Gasteiger partial charge on any atom is 0.306 e. The van der Waals surface area contributed by atoms with E-state index >= 15 is 0 Å². The predicted octanol–water partition coefficient (Wildman–Crippen LogP) is 4.26. The van der Waals surface area contributed by atoms with Crippen LogP contribution in [-0.4, -0.2) is 25.2 Å². The SMILES string of the molecule is C1CCC(C2CCCC2)C1.CCOC(=O)CCC(=O)OCC. The highest BCUT2D eigenvalue weighted by Crippen LogP contribution is 2.39. The fourth-order valence-electron chi connectivity index (χ4n) is 3.53. The van der Waals surface area contributed by atoms with Gasteiger partial charge in [-0.3, -0.25) is 9.59 Å². The molecule has 2 saturated carbocycles. The number of hydrogen-bond acceptors (Lipinski definition) is 4. The van der Waals surface area contributed by atoms with Gasteiger partial charge in [0.05, 0.1) is 26.1 Å². The Morgan fingerprint density at radius 1 is 0.727 bits per heavy atom. The highest BCUT2D eigenvalue weighted by atomic mass is 16.5. The molecule has 0 aromatic carbocycles. The van der Waals surface area contributed by atoms with Crippen molar-refractivity contribution in [3.05, 3.63) is 0 Å². The summed E-state index contributed by atoms with van der Waals surface area (Å²) in [5.74, 6) is 1.60. The van der Waals surface area contributed by atoms with Crippen LogP contribution in [0.15, 0.2) is 0 Å². The van der Waals surface area contributed by atoms with Crippen LogP contribution in [0, 0.1) is 11.8 Å². The summed E-state index contributed by atoms with van der Waals surface area (Å²) in [7, 11) is 0. The molecule has 2 aliphatic carbocycles. The lowest BCUT2D eigenvalue weighted by Gasteiger charge is -2.16. The molecule has 0 radical (unpaired) electrons. The summed E-state index contributed by atoms with van der Waals surface area (Å²) in [5, 5.41) is 0. The van der Waals surface area contributed by atoms with Crippen molar-refractivity contribution in [1.29, 1.82) is 0 Å². The molecule has 0 heterocycles. The Bertz CT molecular complexity index is 283. The van der Waals surface area contributed by atoms with Crippen molar-refractivity contribution in [2.24, 2.45) is 11.8 Å². The van der Waals surface area contributed by atoms with Crippen LogP contribution < -0.4 is 0 Å². The van der Waals surface area contributed by atoms with Crippen LogP contribution in [0.1, 0.15) is 78.1 Å². The third-order valence-electron chi connectivity index (χ3n) is 4.61. The van der Waals surface area contributed by atoms with E-state index in [9.17, 15) is 9.59 Å². The third-order valence-corrected chi connectivity index (χ3v) is 4.61. The molecule has 128 valence electrons. The number of carbonyl (C=O) groups excluding carboxylic acids is 2. The molecule has 2 aliphatic rings. The molecule has 4 heteroatoms. The maximum absolute atomic E-state index is 10.7. The van der Waals surface area contributed by atoms with E-state index in [0.29, 0.717) is 13.2 Å². The van der Waals surface area contributed by atoms with Gasteiger partial charge >= 0.3 is 11.9 Å². The van der Waals surface area contributed by atoms with Gasteiger partial charge in [-0.2, -0.15) is 0 Å². The van der Waals surface area contributed by atoms with Gasteiger partial charge in [-0.15, -0.1) is 0 Å². The molecule has 0 spiro atoms. The summed E-state index contributed by atoms with van der Waals surface area (Å²) in [6.07, 6.45) is 12.6. The first-order chi connectivity index (χ1) is 10.7. The van der Waals surface area contributed by atoms with Gasteiger partial charge in [0.2, 0.25) is 0 Å². The summed E-state index contributed by atoms with van der Waals surface area (Å²) in [5.41, 5.74) is 0. The van der Waals surface area contributed by atoms with Crippen LogP contribution in [-0.2, 0) is 19.1 Å². The normalized spacial score (nSPS) is 18.6. The molecule has 0 aliphatic heterocycles. The number of ether oxygens (including phenoxy) is 2. The van der Waals surface area contributed by atoms with Crippen molar-refractivity contribution in [3.8, 4) is 0 Å². The summed E-state index contributed by atoms with van der Waals surface area (Å²) in [6, 6.07) is 0. The summed E-state index contributed by atoms with van der Waals surface area (Å²) in [4.78, 5) is 21.4. The van der Waals surface area contributed by atoms with Crippen molar-refractivity contribution in [2.45, 2.75) is 78.1 Å². The molecular weight excluding hydrogens is 280 g/mol. The first kappa shape index (κ1) is 19.0. The van der Waals surface area contributed by atoms with Crippen molar-refractivity contribution >= 4 is 11.9 Å². The summed E-state index contributed by atoms with van der Waals surface area (Å²) >= 11 is 0. The van der Waals surface area contributed by atoms with Gasteiger partial charge in [0.15, 0.2) is 0 Å². The molecule has 0 atom stereocenters. The highest BCUT2D eigenvalue weighted by Gasteiger charge is 2.26. The lowest BCUT2D eigenvalue weighted by molar-refractivity contribution is -0.149. The maximum atomic E-state index is 10.7. The van der Waals surface area contributed by atoms with E-state index in [4.69, 9.17) is 0 Å². The molecule has 2 fully saturated rings. The fourth-order valence-corrected chi connectivity index (χ4v) is 3.53. The van der Waals surface area contributed by atoms with Crippen molar-refractivity contribution in [1.82, 2.24) is 0 Å². The fraction of sp³-hybridized carbons (Fsp3) is 0.889. The molecule has 22 heavy (non-hydrogen) atoms. The van der Waals surface area contributed by atoms with Crippen LogP contribution in [0.3, 0.4) is 0 Å². The predicted molar refractivity (Wildman–Crippen MR) is 86.4 cm³/mol. The molecule has 4 nitrogen and oxygen atoms in total. The van der Waals surface area contributed by atoms with Gasteiger partial charge in [0.25, 0.3) is 0 Å². The van der Waals surface area contributed by atoms with E-state index in [1.165, 1.54) is 25.7 Å². The van der Waals surface area contributed by atoms with Crippen LogP contribution >= 0.6 is 0 Å². The Morgan fingerprint density at radius 3 is 1.32 bits per heavy atom. The molecule has 0 unspecified atom stereocenters. The first-order valence-electron chi connectivity index (χ1n) is 8.98. The second-order valence-corrected chi connectivity index (χ2v) is 6.20. The first-order valence-corrected chi connectivity index (χ1v) is 8.98. The second kappa shape index (κ2) is 11.5. The number of esters is 2. The van der Waals surface area contributed by atoms with Gasteiger partial charge < -0.3 is 9.47 Å². The quantitative estimate of drug-likeness (QED) is 0.688. The molecule has 0 N–H and O–H groups in total. The van der Waals surface area contributed by atoms with Crippen molar-refractivity contribution < 1.29 is 19.1 Å². The van der Waals surface area contributed by atoms with Crippen LogP contribution in [0.4, 0.5) is 0 Å². The Hall–Kier alpha value is -1.06. The van der Waals surface area contributed by atoms with Crippen molar-refractivity contribution in [2.75, 3.05) is 13.2 Å². The lowest BCUT2D eigenvalue weighted by Crippen LogP contribution is -2.09. The smallest absolute Gasteiger partial charge is 0.306 e. The minimum absolute atomic E-state index is 0.104. The van der Waals surface area contributed by atoms with E-state index in [1.807, 2.05) is 0 Å². The zero-order valence-corrected chi connectivity index (χ0v) is 14.3. The Morgan fingerprint density at radius 2 is 1.05 bits per heavy atom. The van der Waals surface area contributed by atoms with E-state index in [1.54, 1.807) is 39.5 Å². The second-order valence-electron chi connectivity index (χ2n) is 6.20. The monoisotopic (exact) mass is 312 g/mol. The average molecular weight is 312 g/mol. The van der Waals surface area contributed by atoms with Crippen LogP contribution in [0.2, 0.25) is 0 Å². The van der Waals surface area contributed by atoms with Crippen LogP contribution in [0.25, 0.3) is 0 Å². The number of hydrogen-bond donors (Lipinski definition) is 0. The van der Waals surface area contributed by atoms with Crippen LogP contribution in [0.5, 0.6) is 0 Å². The topological polar surface area (TPSA) is 52.6 Å². The Labute approximate surface area is 134 Å². The standard InChI is InChI=1S/C10H18.C8H14O4/c1-2-6-9(5-1)10-7-3-4-8-10;1-3-11-7(9)5-6-8(10)12-4-2/h9-10H,1-8H2;3-6H2,1-2H3. The summed E-state index contributed by atoms with van der Waals surface area (Å²) in [6.45, 7) is 4.15. The molecule has 0 amide bonds. The summed E-state index contributed by atoms with van der Waals surface area (Å²) < 4.78 is 9.25. The minimum Gasteiger partial charge on any atom is -0.466 e. The third kappa shape index (κ3) is 7.81. The molecule has 0 aromatic heterocycles. The Balaban J connectivity index is 0.000000222. The highest BCUT2D eigenvalue weighted by molar-refractivity contribution is 5.77. The zero-order chi connectivity index (χ0) is 16.2. The van der Waals surface area contributed by atoms with E-state index in [0.717, 1.165) is 11.8 Å². The lowest BCUT2D eigenvalue weighted by atomic mass is 9.90. The van der Waals surface area contributed by atoms with Gasteiger partial charge in [-0.25, -0.2) is 0 Å². The van der Waals surface area contributed by atoms with E-state index < -0.39 is 0 Å². The van der Waals surface area contributed by atoms with E-state index in [2.05, 4.69) is 9.47 Å². The molecule has 0 bridgehead atoms. The average Bonchev–Trinajstić information content (AvgIpc) is 3.18. The Kier molecular flexibility index (Phi) is 9.93. The van der Waals surface area contributed by atoms with Gasteiger partial charge in [0, 0.05) is 0 Å². The van der Waals surface area contributed by atoms with Gasteiger partial charge in [-0.1, -0.05) is 51.4 Å². The number of rotatable bonds is 6.